The number of benzene rings is 3. The molecule has 2 aromatic heterocycles. The highest BCUT2D eigenvalue weighted by molar-refractivity contribution is 7.99. The van der Waals surface area contributed by atoms with Crippen molar-refractivity contribution in [2.24, 2.45) is 0 Å². The second-order valence-corrected chi connectivity index (χ2v) is 12.3. The summed E-state index contributed by atoms with van der Waals surface area (Å²) in [6.07, 6.45) is 3.31. The van der Waals surface area contributed by atoms with Gasteiger partial charge in [-0.1, -0.05) is 25.6 Å². The quantitative estimate of drug-likeness (QED) is 0.116. The van der Waals surface area contributed by atoms with E-state index in [0.717, 1.165) is 40.3 Å². The lowest BCUT2D eigenvalue weighted by Crippen LogP contribution is -2.35. The average Bonchev–Trinajstić information content (AvgIpc) is 3.59. The van der Waals surface area contributed by atoms with E-state index in [1.807, 2.05) is 48.5 Å². The van der Waals surface area contributed by atoms with E-state index in [9.17, 15) is 9.59 Å². The number of nitrogens with zero attached hydrogens (tertiary/aromatic N) is 3. The van der Waals surface area contributed by atoms with Gasteiger partial charge < -0.3 is 27.0 Å². The fraction of sp³-hybridized carbons (Fsp3) is 0.206. The lowest BCUT2D eigenvalue weighted by Gasteiger charge is -2.15. The molecule has 2 amide bonds. The van der Waals surface area contributed by atoms with Crippen molar-refractivity contribution in [1.29, 1.82) is 0 Å². The van der Waals surface area contributed by atoms with E-state index in [0.29, 0.717) is 39.8 Å². The molecule has 1 saturated heterocycles. The molecule has 0 saturated carbocycles. The normalized spacial score (nSPS) is 14.4. The summed E-state index contributed by atoms with van der Waals surface area (Å²) < 4.78 is 0. The van der Waals surface area contributed by atoms with Gasteiger partial charge in [-0.25, -0.2) is 15.0 Å². The van der Waals surface area contributed by atoms with Gasteiger partial charge in [0.2, 0.25) is 5.91 Å². The summed E-state index contributed by atoms with van der Waals surface area (Å²) in [6.45, 7) is 5.03. The zero-order valence-corrected chi connectivity index (χ0v) is 25.8. The van der Waals surface area contributed by atoms with Crippen LogP contribution in [0.1, 0.15) is 48.7 Å². The molecule has 45 heavy (non-hydrogen) atoms. The van der Waals surface area contributed by atoms with Crippen LogP contribution in [0.25, 0.3) is 11.0 Å². The van der Waals surface area contributed by atoms with Gasteiger partial charge >= 0.3 is 0 Å². The number of rotatable bonds is 9. The van der Waals surface area contributed by atoms with E-state index in [-0.39, 0.29) is 23.8 Å². The van der Waals surface area contributed by atoms with Crippen molar-refractivity contribution < 1.29 is 9.59 Å². The van der Waals surface area contributed by atoms with Crippen LogP contribution in [-0.2, 0) is 4.79 Å². The Morgan fingerprint density at radius 1 is 0.933 bits per heavy atom. The van der Waals surface area contributed by atoms with E-state index in [2.05, 4.69) is 45.1 Å². The van der Waals surface area contributed by atoms with Gasteiger partial charge in [0.05, 0.1) is 17.1 Å². The molecule has 6 rings (SSSR count). The van der Waals surface area contributed by atoms with E-state index in [1.165, 1.54) is 6.33 Å². The van der Waals surface area contributed by atoms with Crippen LogP contribution in [0.2, 0.25) is 0 Å². The first-order valence-electron chi connectivity index (χ1n) is 14.8. The molecule has 0 spiro atoms. The van der Waals surface area contributed by atoms with Crippen LogP contribution in [0.3, 0.4) is 0 Å². The van der Waals surface area contributed by atoms with E-state index in [1.54, 1.807) is 42.1 Å². The first-order valence-corrected chi connectivity index (χ1v) is 15.7. The Morgan fingerprint density at radius 3 is 2.40 bits per heavy atom. The van der Waals surface area contributed by atoms with Crippen LogP contribution in [0.4, 0.5) is 28.6 Å². The minimum absolute atomic E-state index is 0.0474. The summed E-state index contributed by atoms with van der Waals surface area (Å²) in [7, 11) is 0. The molecule has 5 aromatic rings. The lowest BCUT2D eigenvalue weighted by atomic mass is 10.1. The zero-order chi connectivity index (χ0) is 31.3. The number of carbonyl (C=O) groups is 2. The van der Waals surface area contributed by atoms with Crippen LogP contribution in [0.15, 0.2) is 95.0 Å². The summed E-state index contributed by atoms with van der Waals surface area (Å²) in [6, 6.07) is 24.0. The van der Waals surface area contributed by atoms with Crippen molar-refractivity contribution in [3.8, 4) is 0 Å². The summed E-state index contributed by atoms with van der Waals surface area (Å²) in [5, 5.41) is 13.3. The summed E-state index contributed by atoms with van der Waals surface area (Å²) >= 11 is 1.55. The van der Waals surface area contributed by atoms with E-state index < -0.39 is 0 Å². The molecule has 0 radical (unpaired) electrons. The molecular weight excluding hydrogens is 584 g/mol. The first kappa shape index (κ1) is 30.0. The smallest absolute Gasteiger partial charge is 0.255 e. The van der Waals surface area contributed by atoms with Gasteiger partial charge in [-0.2, -0.15) is 0 Å². The number of anilines is 5. The number of nitrogen functional groups attached to an aromatic ring is 1. The Bertz CT molecular complexity index is 1840. The molecule has 228 valence electrons. The van der Waals surface area contributed by atoms with Crippen molar-refractivity contribution >= 4 is 63.2 Å². The minimum Gasteiger partial charge on any atom is -0.399 e. The second-order valence-electron chi connectivity index (χ2n) is 11.2. The predicted octanol–water partition coefficient (Wildman–Crippen LogP) is 6.57. The van der Waals surface area contributed by atoms with Gasteiger partial charge in [0, 0.05) is 38.1 Å². The van der Waals surface area contributed by atoms with Gasteiger partial charge in [-0.3, -0.25) is 9.59 Å². The van der Waals surface area contributed by atoms with Gasteiger partial charge in [0.15, 0.2) is 5.65 Å². The Labute approximate surface area is 265 Å². The number of fused-ring (bicyclic) bond motifs is 1. The number of aromatic nitrogens is 3. The zero-order valence-electron chi connectivity index (χ0n) is 25.0. The molecule has 1 aliphatic rings. The third-order valence-corrected chi connectivity index (χ3v) is 8.58. The molecule has 0 aliphatic carbocycles. The topological polar surface area (TPSA) is 147 Å². The van der Waals surface area contributed by atoms with Crippen LogP contribution in [0, 0.1) is 0 Å². The Morgan fingerprint density at radius 2 is 1.69 bits per heavy atom. The second kappa shape index (κ2) is 13.3. The Balaban J connectivity index is 1.25. The molecule has 11 heteroatoms. The molecular formula is C34H34N8O2S. The number of hydrogen-bond acceptors (Lipinski definition) is 9. The fourth-order valence-electron chi connectivity index (χ4n) is 5.00. The molecule has 0 unspecified atom stereocenters. The number of carbonyl (C=O) groups excluding carboxylic acids is 2. The van der Waals surface area contributed by atoms with Crippen LogP contribution in [0.5, 0.6) is 0 Å². The van der Waals surface area contributed by atoms with Gasteiger partial charge in [0.1, 0.15) is 12.1 Å². The SMILES string of the molecule is CC(C)c1ccc2c(Nc3cc(C(=O)Nc4ccc(NC(=O)[C@@H]5CCCN5)cc4)ccc3Sc3ccc(N)cc3)ncnc2n1. The maximum absolute atomic E-state index is 13.4. The number of amides is 2. The number of hydrogen-bond donors (Lipinski definition) is 5. The standard InChI is InChI=1S/C34H34N8O2S/c1-20(2)27-15-14-26-31(41-27)37-19-38-32(26)42-29-18-21(5-16-30(29)45-25-12-6-22(35)7-13-25)33(43)39-23-8-10-24(11-9-23)40-34(44)28-4-3-17-36-28/h5-16,18-20,28,36H,3-4,17,35H2,1-2H3,(H,39,43)(H,40,44)(H,37,38,41,42)/t28-/m0/s1. The number of nitrogens with one attached hydrogen (secondary N) is 4. The molecule has 6 N–H and O–H groups in total. The number of pyridine rings is 1. The van der Waals surface area contributed by atoms with Gasteiger partial charge in [-0.05, 0) is 104 Å². The van der Waals surface area contributed by atoms with Crippen molar-refractivity contribution in [3.63, 3.8) is 0 Å². The molecule has 1 atom stereocenters. The fourth-order valence-corrected chi connectivity index (χ4v) is 5.89. The molecule has 10 nitrogen and oxygen atoms in total. The maximum Gasteiger partial charge on any atom is 0.255 e. The molecule has 1 aliphatic heterocycles. The van der Waals surface area contributed by atoms with Crippen molar-refractivity contribution in [2.75, 3.05) is 28.2 Å². The average molecular weight is 619 g/mol. The highest BCUT2D eigenvalue weighted by Crippen LogP contribution is 2.37. The van der Waals surface area contributed by atoms with Gasteiger partial charge in [0.25, 0.3) is 5.91 Å². The van der Waals surface area contributed by atoms with Crippen LogP contribution >= 0.6 is 11.8 Å². The molecule has 1 fully saturated rings. The monoisotopic (exact) mass is 618 g/mol. The maximum atomic E-state index is 13.4. The Hall–Kier alpha value is -5.00. The highest BCUT2D eigenvalue weighted by atomic mass is 32.2. The summed E-state index contributed by atoms with van der Waals surface area (Å²) in [5.74, 6) is 0.534. The molecule has 3 heterocycles. The summed E-state index contributed by atoms with van der Waals surface area (Å²) in [4.78, 5) is 41.3. The van der Waals surface area contributed by atoms with Crippen LogP contribution < -0.4 is 27.0 Å². The third-order valence-electron chi connectivity index (χ3n) is 7.50. The molecule has 3 aromatic carbocycles. The van der Waals surface area contributed by atoms with Crippen LogP contribution in [-0.4, -0.2) is 39.4 Å². The lowest BCUT2D eigenvalue weighted by molar-refractivity contribution is -0.117. The first-order chi connectivity index (χ1) is 21.8. The van der Waals surface area contributed by atoms with Crippen molar-refractivity contribution in [1.82, 2.24) is 20.3 Å². The van der Waals surface area contributed by atoms with Crippen molar-refractivity contribution in [2.45, 2.75) is 48.4 Å². The Kier molecular flexibility index (Phi) is 8.90. The largest absolute Gasteiger partial charge is 0.399 e. The molecule has 0 bridgehead atoms. The van der Waals surface area contributed by atoms with E-state index >= 15 is 0 Å². The summed E-state index contributed by atoms with van der Waals surface area (Å²) in [5.41, 5.74) is 10.6. The van der Waals surface area contributed by atoms with Crippen molar-refractivity contribution in [3.05, 3.63) is 96.4 Å². The highest BCUT2D eigenvalue weighted by Gasteiger charge is 2.22. The predicted molar refractivity (Wildman–Crippen MR) is 180 cm³/mol. The third kappa shape index (κ3) is 7.22. The van der Waals surface area contributed by atoms with Gasteiger partial charge in [-0.15, -0.1) is 0 Å². The number of nitrogens with two attached hydrogens (primary N) is 1. The minimum atomic E-state index is -0.273. The van der Waals surface area contributed by atoms with E-state index in [4.69, 9.17) is 10.7 Å².